The van der Waals surface area contributed by atoms with Crippen LogP contribution in [0.1, 0.15) is 21.6 Å². The molecule has 2 aromatic carbocycles. The summed E-state index contributed by atoms with van der Waals surface area (Å²) in [6, 6.07) is 16.9. The summed E-state index contributed by atoms with van der Waals surface area (Å²) in [6.07, 6.45) is 1.13. The van der Waals surface area contributed by atoms with E-state index in [4.69, 9.17) is 0 Å². The molecule has 146 valence electrons. The minimum atomic E-state index is -0.592. The van der Waals surface area contributed by atoms with Gasteiger partial charge in [-0.15, -0.1) is 5.10 Å². The van der Waals surface area contributed by atoms with Gasteiger partial charge in [0.25, 0.3) is 5.91 Å². The van der Waals surface area contributed by atoms with Crippen LogP contribution < -0.4 is 5.32 Å². The molecule has 0 aliphatic carbocycles. The number of hydrogen-bond donors (Lipinski definition) is 4. The molecular weight excluding hydrogens is 388 g/mol. The lowest BCUT2D eigenvalue weighted by Gasteiger charge is -2.06. The van der Waals surface area contributed by atoms with Gasteiger partial charge in [-0.2, -0.15) is 0 Å². The molecule has 0 unspecified atom stereocenters. The number of benzene rings is 2. The number of aromatic nitrogens is 3. The molecule has 0 saturated heterocycles. The number of rotatable bonds is 6. The van der Waals surface area contributed by atoms with Crippen molar-refractivity contribution in [2.75, 3.05) is 5.32 Å². The van der Waals surface area contributed by atoms with Crippen LogP contribution in [0.2, 0.25) is 0 Å². The van der Waals surface area contributed by atoms with E-state index < -0.39 is 5.91 Å². The second-order valence-electron chi connectivity index (χ2n) is 6.48. The highest BCUT2D eigenvalue weighted by atomic mass is 32.1. The van der Waals surface area contributed by atoms with Crippen molar-refractivity contribution >= 4 is 23.1 Å². The molecular formula is C21H18N4O3S. The molecule has 4 rings (SSSR count). The molecule has 0 saturated carbocycles. The van der Waals surface area contributed by atoms with E-state index in [1.54, 1.807) is 12.1 Å². The van der Waals surface area contributed by atoms with Gasteiger partial charge in [-0.25, -0.2) is 0 Å². The number of carbonyl (C=O) groups excluding carboxylic acids is 1. The van der Waals surface area contributed by atoms with E-state index in [-0.39, 0.29) is 17.2 Å². The average molecular weight is 406 g/mol. The molecule has 0 radical (unpaired) electrons. The SMILES string of the molecule is O=C(Nc1ccc(-c2csnn2)cc1)c1c(O)[nH]c(CCc2ccccc2)c1O. The van der Waals surface area contributed by atoms with E-state index in [0.717, 1.165) is 16.8 Å². The summed E-state index contributed by atoms with van der Waals surface area (Å²) in [5.74, 6) is -1.18. The quantitative estimate of drug-likeness (QED) is 0.387. The smallest absolute Gasteiger partial charge is 0.264 e. The lowest BCUT2D eigenvalue weighted by atomic mass is 10.1. The molecule has 0 aliphatic heterocycles. The maximum atomic E-state index is 12.6. The molecule has 7 nitrogen and oxygen atoms in total. The van der Waals surface area contributed by atoms with Crippen LogP contribution in [0.3, 0.4) is 0 Å². The minimum absolute atomic E-state index is 0.166. The first kappa shape index (κ1) is 18.7. The van der Waals surface area contributed by atoms with Crippen molar-refractivity contribution < 1.29 is 15.0 Å². The van der Waals surface area contributed by atoms with Crippen LogP contribution in [0.4, 0.5) is 5.69 Å². The topological polar surface area (TPSA) is 111 Å². The number of carbonyl (C=O) groups is 1. The molecule has 0 fully saturated rings. The van der Waals surface area contributed by atoms with Crippen LogP contribution in [0.25, 0.3) is 11.3 Å². The normalized spacial score (nSPS) is 10.8. The molecule has 0 spiro atoms. The van der Waals surface area contributed by atoms with Crippen LogP contribution in [-0.4, -0.2) is 30.7 Å². The van der Waals surface area contributed by atoms with Crippen LogP contribution in [0.15, 0.2) is 60.0 Å². The van der Waals surface area contributed by atoms with Crippen molar-refractivity contribution in [3.8, 4) is 22.9 Å². The molecule has 4 N–H and O–H groups in total. The van der Waals surface area contributed by atoms with Gasteiger partial charge in [-0.1, -0.05) is 47.0 Å². The van der Waals surface area contributed by atoms with Crippen LogP contribution >= 0.6 is 11.5 Å². The van der Waals surface area contributed by atoms with E-state index >= 15 is 0 Å². The summed E-state index contributed by atoms with van der Waals surface area (Å²) in [6.45, 7) is 0. The first-order valence-corrected chi connectivity index (χ1v) is 9.81. The third-order valence-corrected chi connectivity index (χ3v) is 5.07. The number of nitrogens with one attached hydrogen (secondary N) is 2. The molecule has 8 heteroatoms. The number of aromatic hydroxyl groups is 2. The molecule has 29 heavy (non-hydrogen) atoms. The summed E-state index contributed by atoms with van der Waals surface area (Å²) in [4.78, 5) is 15.3. The fourth-order valence-corrected chi connectivity index (χ4v) is 3.51. The zero-order valence-electron chi connectivity index (χ0n) is 15.3. The van der Waals surface area contributed by atoms with E-state index in [9.17, 15) is 15.0 Å². The molecule has 2 aromatic heterocycles. The van der Waals surface area contributed by atoms with Crippen molar-refractivity contribution in [1.82, 2.24) is 14.6 Å². The summed E-state index contributed by atoms with van der Waals surface area (Å²) >= 11 is 1.26. The number of amides is 1. The number of aryl methyl sites for hydroxylation is 2. The Hall–Kier alpha value is -3.65. The summed E-state index contributed by atoms with van der Waals surface area (Å²) in [7, 11) is 0. The lowest BCUT2D eigenvalue weighted by molar-refractivity contribution is 0.102. The monoisotopic (exact) mass is 406 g/mol. The maximum Gasteiger partial charge on any atom is 0.264 e. The standard InChI is InChI=1S/C21H18N4O3S/c26-19-16(11-6-13-4-2-1-3-5-13)23-21(28)18(19)20(27)22-15-9-7-14(8-10-15)17-12-29-25-24-17/h1-5,7-10,12,23,26,28H,6,11H2,(H,22,27). The average Bonchev–Trinajstić information content (AvgIpc) is 3.36. The third kappa shape index (κ3) is 4.12. The second kappa shape index (κ2) is 8.15. The number of anilines is 1. The highest BCUT2D eigenvalue weighted by Crippen LogP contribution is 2.32. The molecule has 1 amide bonds. The fourth-order valence-electron chi connectivity index (χ4n) is 3.05. The molecule has 4 aromatic rings. The number of aromatic amines is 1. The summed E-state index contributed by atoms with van der Waals surface area (Å²) in [5, 5.41) is 29.1. The number of hydrogen-bond acceptors (Lipinski definition) is 6. The van der Waals surface area contributed by atoms with Crippen molar-refractivity contribution in [1.29, 1.82) is 0 Å². The number of nitrogens with zero attached hydrogens (tertiary/aromatic N) is 2. The molecule has 0 bridgehead atoms. The maximum absolute atomic E-state index is 12.6. The van der Waals surface area contributed by atoms with Gasteiger partial charge >= 0.3 is 0 Å². The van der Waals surface area contributed by atoms with Gasteiger partial charge in [0, 0.05) is 16.6 Å². The molecule has 2 heterocycles. The third-order valence-electron chi connectivity index (χ3n) is 4.56. The zero-order valence-corrected chi connectivity index (χ0v) is 16.1. The fraction of sp³-hybridized carbons (Fsp3) is 0.0952. The Morgan fingerprint density at radius 2 is 1.79 bits per heavy atom. The van der Waals surface area contributed by atoms with Crippen LogP contribution in [0, 0.1) is 0 Å². The van der Waals surface area contributed by atoms with Gasteiger partial charge in [-0.3, -0.25) is 4.79 Å². The van der Waals surface area contributed by atoms with Crippen molar-refractivity contribution in [2.45, 2.75) is 12.8 Å². The highest BCUT2D eigenvalue weighted by molar-refractivity contribution is 7.03. The lowest BCUT2D eigenvalue weighted by Crippen LogP contribution is -2.11. The highest BCUT2D eigenvalue weighted by Gasteiger charge is 2.23. The van der Waals surface area contributed by atoms with Gasteiger partial charge in [0.05, 0.1) is 5.69 Å². The number of H-pyrrole nitrogens is 1. The zero-order chi connectivity index (χ0) is 20.2. The van der Waals surface area contributed by atoms with Crippen molar-refractivity contribution in [3.05, 3.63) is 76.8 Å². The van der Waals surface area contributed by atoms with Crippen molar-refractivity contribution in [2.24, 2.45) is 0 Å². The second-order valence-corrected chi connectivity index (χ2v) is 7.09. The first-order chi connectivity index (χ1) is 14.1. The van der Waals surface area contributed by atoms with Gasteiger partial charge in [0.15, 0.2) is 5.75 Å². The molecule has 0 aliphatic rings. The Balaban J connectivity index is 1.46. The largest absolute Gasteiger partial charge is 0.505 e. The van der Waals surface area contributed by atoms with Gasteiger partial charge in [0.1, 0.15) is 11.3 Å². The Kier molecular flexibility index (Phi) is 5.26. The Bertz CT molecular complexity index is 1110. The summed E-state index contributed by atoms with van der Waals surface area (Å²) in [5.41, 5.74) is 3.53. The minimum Gasteiger partial charge on any atom is -0.505 e. The van der Waals surface area contributed by atoms with E-state index in [1.165, 1.54) is 11.5 Å². The van der Waals surface area contributed by atoms with Gasteiger partial charge in [-0.05, 0) is 42.1 Å². The van der Waals surface area contributed by atoms with Crippen LogP contribution in [-0.2, 0) is 12.8 Å². The predicted octanol–water partition coefficient (Wildman–Crippen LogP) is 3.98. The van der Waals surface area contributed by atoms with Gasteiger partial charge < -0.3 is 20.5 Å². The van der Waals surface area contributed by atoms with Gasteiger partial charge in [0.2, 0.25) is 5.88 Å². The van der Waals surface area contributed by atoms with Crippen LogP contribution in [0.5, 0.6) is 11.6 Å². The first-order valence-electron chi connectivity index (χ1n) is 8.97. The Morgan fingerprint density at radius 1 is 1.03 bits per heavy atom. The Labute approximate surface area is 170 Å². The van der Waals surface area contributed by atoms with E-state index in [2.05, 4.69) is 19.9 Å². The van der Waals surface area contributed by atoms with Crippen molar-refractivity contribution in [3.63, 3.8) is 0 Å². The summed E-state index contributed by atoms with van der Waals surface area (Å²) < 4.78 is 3.83. The van der Waals surface area contributed by atoms with E-state index in [1.807, 2.05) is 47.8 Å². The van der Waals surface area contributed by atoms with E-state index in [0.29, 0.717) is 24.2 Å². The molecule has 0 atom stereocenters. The Morgan fingerprint density at radius 3 is 2.48 bits per heavy atom. The predicted molar refractivity (Wildman–Crippen MR) is 111 cm³/mol.